The fraction of sp³-hybridized carbons (Fsp3) is 0.571. The lowest BCUT2D eigenvalue weighted by Gasteiger charge is -2.37. The maximum absolute atomic E-state index is 11.3. The van der Waals surface area contributed by atoms with Gasteiger partial charge in [0.05, 0.1) is 0 Å². The average Bonchev–Trinajstić information content (AvgIpc) is 2.71. The van der Waals surface area contributed by atoms with E-state index in [1.54, 1.807) is 0 Å². The summed E-state index contributed by atoms with van der Waals surface area (Å²) in [6, 6.07) is 11.2. The molecule has 0 saturated carbocycles. The molecule has 2 aromatic rings. The van der Waals surface area contributed by atoms with Crippen LogP contribution in [0.5, 0.6) is 5.75 Å². The average molecular weight is 442 g/mol. The van der Waals surface area contributed by atoms with E-state index in [-0.39, 0.29) is 10.6 Å². The van der Waals surface area contributed by atoms with Crippen molar-refractivity contribution in [3.05, 3.63) is 58.1 Å². The Morgan fingerprint density at radius 1 is 1.00 bits per heavy atom. The number of aromatic hydroxyl groups is 1. The minimum absolute atomic E-state index is 0.0451. The van der Waals surface area contributed by atoms with Crippen molar-refractivity contribution in [1.29, 1.82) is 0 Å². The predicted molar refractivity (Wildman–Crippen MR) is 140 cm³/mol. The highest BCUT2D eigenvalue weighted by molar-refractivity contribution is 7.48. The number of hydrogen-bond acceptors (Lipinski definition) is 2. The zero-order valence-corrected chi connectivity index (χ0v) is 22.3. The number of hydrogen-bond donors (Lipinski definition) is 1. The van der Waals surface area contributed by atoms with E-state index in [9.17, 15) is 5.11 Å². The molecule has 2 nitrogen and oxygen atoms in total. The van der Waals surface area contributed by atoms with E-state index in [2.05, 4.69) is 97.7 Å². The Bertz CT molecular complexity index is 883. The van der Waals surface area contributed by atoms with Crippen molar-refractivity contribution >= 4 is 13.9 Å². The number of aryl methyl sites for hydroxylation is 2. The normalized spacial score (nSPS) is 14.5. The summed E-state index contributed by atoms with van der Waals surface area (Å²) in [4.78, 5) is 2.37. The number of phenols is 1. The maximum Gasteiger partial charge on any atom is 0.122 e. The van der Waals surface area contributed by atoms with Crippen LogP contribution in [0.1, 0.15) is 88.6 Å². The Morgan fingerprint density at radius 2 is 1.68 bits per heavy atom. The molecule has 172 valence electrons. The Hall–Kier alpha value is -1.37. The van der Waals surface area contributed by atoms with Crippen LogP contribution in [0.25, 0.3) is 0 Å². The highest BCUT2D eigenvalue weighted by atomic mass is 31.1. The van der Waals surface area contributed by atoms with E-state index in [4.69, 9.17) is 0 Å². The number of phenolic OH excluding ortho intramolecular Hbond substituents is 1. The molecule has 2 atom stereocenters. The predicted octanol–water partition coefficient (Wildman–Crippen LogP) is 7.17. The topological polar surface area (TPSA) is 23.5 Å². The summed E-state index contributed by atoms with van der Waals surface area (Å²) in [5.41, 5.74) is 6.32. The molecule has 0 aliphatic heterocycles. The lowest BCUT2D eigenvalue weighted by Crippen LogP contribution is -2.28. The molecule has 0 radical (unpaired) electrons. The molecule has 3 heteroatoms. The van der Waals surface area contributed by atoms with Crippen LogP contribution in [0, 0.1) is 13.8 Å². The zero-order valence-electron chi connectivity index (χ0n) is 21.3. The van der Waals surface area contributed by atoms with Crippen LogP contribution in [-0.4, -0.2) is 23.6 Å². The molecule has 0 bridgehead atoms. The van der Waals surface area contributed by atoms with Crippen molar-refractivity contribution in [3.63, 3.8) is 0 Å². The third-order valence-corrected chi connectivity index (χ3v) is 8.98. The molecule has 2 aromatic carbocycles. The van der Waals surface area contributed by atoms with Gasteiger partial charge < -0.3 is 10.0 Å². The first kappa shape index (κ1) is 25.9. The largest absolute Gasteiger partial charge is 0.507 e. The van der Waals surface area contributed by atoms with Gasteiger partial charge in [0.1, 0.15) is 5.75 Å². The van der Waals surface area contributed by atoms with Gasteiger partial charge in [0.25, 0.3) is 0 Å². The third kappa shape index (κ3) is 5.91. The molecule has 0 aromatic heterocycles. The quantitative estimate of drug-likeness (QED) is 0.417. The second-order valence-electron chi connectivity index (χ2n) is 10.2. The summed E-state index contributed by atoms with van der Waals surface area (Å²) >= 11 is 0. The van der Waals surface area contributed by atoms with E-state index in [0.29, 0.717) is 14.3 Å². The maximum atomic E-state index is 11.3. The molecule has 0 fully saturated rings. The fourth-order valence-electron chi connectivity index (χ4n) is 4.41. The van der Waals surface area contributed by atoms with Crippen molar-refractivity contribution in [3.8, 4) is 5.75 Å². The van der Waals surface area contributed by atoms with Crippen LogP contribution in [0.2, 0.25) is 0 Å². The molecule has 0 saturated heterocycles. The minimum atomic E-state index is -0.0451. The number of rotatable bonds is 9. The van der Waals surface area contributed by atoms with Gasteiger partial charge in [-0.3, -0.25) is 0 Å². The van der Waals surface area contributed by atoms with Crippen molar-refractivity contribution in [1.82, 2.24) is 4.90 Å². The van der Waals surface area contributed by atoms with E-state index in [0.717, 1.165) is 43.5 Å². The van der Waals surface area contributed by atoms with Crippen LogP contribution in [0.4, 0.5) is 0 Å². The number of benzene rings is 2. The van der Waals surface area contributed by atoms with Gasteiger partial charge in [0, 0.05) is 17.3 Å². The smallest absolute Gasteiger partial charge is 0.122 e. The van der Waals surface area contributed by atoms with Gasteiger partial charge in [-0.05, 0) is 73.3 Å². The van der Waals surface area contributed by atoms with Crippen LogP contribution in [0.15, 0.2) is 30.3 Å². The summed E-state index contributed by atoms with van der Waals surface area (Å²) in [5, 5.41) is 12.7. The SMILES string of the molecule is CCCC(CC)(Pc1c(C)cccc1CN(C)CC)c1cc(C(C)(C)C)cc(C)c1O. The van der Waals surface area contributed by atoms with Crippen LogP contribution in [0.3, 0.4) is 0 Å². The van der Waals surface area contributed by atoms with E-state index in [1.807, 2.05) is 0 Å². The van der Waals surface area contributed by atoms with E-state index in [1.165, 1.54) is 22.0 Å². The summed E-state index contributed by atoms with van der Waals surface area (Å²) in [6.45, 7) is 19.9. The zero-order chi connectivity index (χ0) is 23.4. The summed E-state index contributed by atoms with van der Waals surface area (Å²) < 4.78 is 0. The van der Waals surface area contributed by atoms with Crippen molar-refractivity contribution < 1.29 is 5.11 Å². The first-order valence-corrected chi connectivity index (χ1v) is 12.9. The van der Waals surface area contributed by atoms with Crippen molar-refractivity contribution in [2.45, 2.75) is 91.8 Å². The molecule has 31 heavy (non-hydrogen) atoms. The Kier molecular flexibility index (Phi) is 8.77. The second kappa shape index (κ2) is 10.5. The van der Waals surface area contributed by atoms with Gasteiger partial charge in [0.2, 0.25) is 0 Å². The van der Waals surface area contributed by atoms with Gasteiger partial charge in [-0.1, -0.05) is 86.9 Å². The van der Waals surface area contributed by atoms with Gasteiger partial charge in [-0.15, -0.1) is 0 Å². The standard InChI is InChI=1S/C28H44NOP/c1-10-16-28(11-2,24-18-23(27(6,7)8)17-21(5)25(24)30)31-26-20(4)14-13-15-22(26)19-29(9)12-3/h13-15,17-18,30-31H,10-12,16,19H2,1-9H3. The van der Waals surface area contributed by atoms with Gasteiger partial charge >= 0.3 is 0 Å². The van der Waals surface area contributed by atoms with E-state index >= 15 is 0 Å². The Labute approximate surface area is 193 Å². The third-order valence-electron chi connectivity index (χ3n) is 6.67. The Morgan fingerprint density at radius 3 is 2.23 bits per heavy atom. The molecule has 0 aliphatic rings. The summed E-state index contributed by atoms with van der Waals surface area (Å²) in [6.07, 6.45) is 3.21. The molecule has 2 rings (SSSR count). The van der Waals surface area contributed by atoms with Crippen LogP contribution in [-0.2, 0) is 17.1 Å². The molecular formula is C28H44NOP. The highest BCUT2D eigenvalue weighted by Crippen LogP contribution is 2.52. The molecule has 0 amide bonds. The van der Waals surface area contributed by atoms with Crippen LogP contribution < -0.4 is 5.30 Å². The van der Waals surface area contributed by atoms with Crippen LogP contribution >= 0.6 is 8.58 Å². The summed E-state index contributed by atoms with van der Waals surface area (Å²) in [7, 11) is 2.83. The van der Waals surface area contributed by atoms with E-state index < -0.39 is 0 Å². The molecule has 0 heterocycles. The minimum Gasteiger partial charge on any atom is -0.507 e. The fourth-order valence-corrected chi connectivity index (χ4v) is 6.36. The van der Waals surface area contributed by atoms with Gasteiger partial charge in [-0.2, -0.15) is 0 Å². The van der Waals surface area contributed by atoms with Gasteiger partial charge in [-0.25, -0.2) is 0 Å². The molecule has 0 spiro atoms. The van der Waals surface area contributed by atoms with Gasteiger partial charge in [0.15, 0.2) is 0 Å². The molecule has 1 N–H and O–H groups in total. The first-order chi connectivity index (χ1) is 14.5. The molecular weight excluding hydrogens is 397 g/mol. The lowest BCUT2D eigenvalue weighted by molar-refractivity contribution is 0.346. The van der Waals surface area contributed by atoms with Crippen molar-refractivity contribution in [2.24, 2.45) is 0 Å². The molecule has 0 aliphatic carbocycles. The first-order valence-electron chi connectivity index (χ1n) is 11.9. The lowest BCUT2D eigenvalue weighted by atomic mass is 9.81. The molecule has 2 unspecified atom stereocenters. The van der Waals surface area contributed by atoms with Crippen molar-refractivity contribution in [2.75, 3.05) is 13.6 Å². The monoisotopic (exact) mass is 441 g/mol. The highest BCUT2D eigenvalue weighted by Gasteiger charge is 2.35. The summed E-state index contributed by atoms with van der Waals surface area (Å²) in [5.74, 6) is 0.497. The Balaban J connectivity index is 2.69. The second-order valence-corrected chi connectivity index (χ2v) is 11.9. The number of nitrogens with zero attached hydrogens (tertiary/aromatic N) is 1.